The Morgan fingerprint density at radius 2 is 2.27 bits per heavy atom. The number of aliphatic hydroxyl groups is 1. The summed E-state index contributed by atoms with van der Waals surface area (Å²) in [7, 11) is 0. The SMILES string of the molecule is Cc1ccc(OC2CNCC2O)c(Br)c1. The average Bonchev–Trinajstić information content (AvgIpc) is 2.57. The summed E-state index contributed by atoms with van der Waals surface area (Å²) >= 11 is 3.45. The molecule has 2 rings (SSSR count). The zero-order chi connectivity index (χ0) is 10.8. The number of aryl methyl sites for hydroxylation is 1. The molecular weight excluding hydrogens is 258 g/mol. The van der Waals surface area contributed by atoms with Crippen molar-refractivity contribution >= 4 is 15.9 Å². The molecule has 4 heteroatoms. The van der Waals surface area contributed by atoms with E-state index >= 15 is 0 Å². The van der Waals surface area contributed by atoms with Crippen molar-refractivity contribution in [2.75, 3.05) is 13.1 Å². The van der Waals surface area contributed by atoms with Crippen LogP contribution in [0, 0.1) is 6.92 Å². The van der Waals surface area contributed by atoms with E-state index in [1.165, 1.54) is 5.56 Å². The Bertz CT molecular complexity index is 356. The molecule has 3 nitrogen and oxygen atoms in total. The van der Waals surface area contributed by atoms with Crippen molar-refractivity contribution in [1.29, 1.82) is 0 Å². The maximum absolute atomic E-state index is 9.59. The number of benzene rings is 1. The van der Waals surface area contributed by atoms with Gasteiger partial charge in [-0.3, -0.25) is 0 Å². The minimum absolute atomic E-state index is 0.149. The summed E-state index contributed by atoms with van der Waals surface area (Å²) in [5.41, 5.74) is 1.18. The van der Waals surface area contributed by atoms with Crippen molar-refractivity contribution in [3.8, 4) is 5.75 Å². The fraction of sp³-hybridized carbons (Fsp3) is 0.455. The summed E-state index contributed by atoms with van der Waals surface area (Å²) in [6, 6.07) is 5.92. The molecule has 1 aliphatic heterocycles. The van der Waals surface area contributed by atoms with Crippen LogP contribution in [0.3, 0.4) is 0 Å². The number of aliphatic hydroxyl groups excluding tert-OH is 1. The molecule has 2 N–H and O–H groups in total. The fourth-order valence-corrected chi connectivity index (χ4v) is 2.21. The molecule has 0 aromatic heterocycles. The van der Waals surface area contributed by atoms with Gasteiger partial charge >= 0.3 is 0 Å². The van der Waals surface area contributed by atoms with Crippen LogP contribution in [0.5, 0.6) is 5.75 Å². The predicted molar refractivity (Wildman–Crippen MR) is 62.2 cm³/mol. The van der Waals surface area contributed by atoms with E-state index in [0.29, 0.717) is 13.1 Å². The van der Waals surface area contributed by atoms with Crippen molar-refractivity contribution in [2.24, 2.45) is 0 Å². The van der Waals surface area contributed by atoms with Crippen molar-refractivity contribution in [3.63, 3.8) is 0 Å². The summed E-state index contributed by atoms with van der Waals surface area (Å²) in [6.45, 7) is 3.33. The van der Waals surface area contributed by atoms with Crippen LogP contribution >= 0.6 is 15.9 Å². The minimum atomic E-state index is -0.418. The maximum atomic E-state index is 9.59. The van der Waals surface area contributed by atoms with Crippen molar-refractivity contribution in [3.05, 3.63) is 28.2 Å². The molecule has 1 heterocycles. The number of hydrogen-bond donors (Lipinski definition) is 2. The lowest BCUT2D eigenvalue weighted by Crippen LogP contribution is -2.29. The second-order valence-corrected chi connectivity index (χ2v) is 4.67. The van der Waals surface area contributed by atoms with Crippen molar-refractivity contribution in [2.45, 2.75) is 19.1 Å². The third-order valence-electron chi connectivity index (χ3n) is 2.49. The van der Waals surface area contributed by atoms with E-state index in [1.807, 2.05) is 25.1 Å². The molecule has 0 spiro atoms. The zero-order valence-corrected chi connectivity index (χ0v) is 10.1. The Kier molecular flexibility index (Phi) is 3.29. The Labute approximate surface area is 97.6 Å². The van der Waals surface area contributed by atoms with E-state index < -0.39 is 6.10 Å². The summed E-state index contributed by atoms with van der Waals surface area (Å²) < 4.78 is 6.65. The van der Waals surface area contributed by atoms with Crippen molar-refractivity contribution in [1.82, 2.24) is 5.32 Å². The van der Waals surface area contributed by atoms with Crippen LogP contribution in [0.2, 0.25) is 0 Å². The molecule has 1 fully saturated rings. The summed E-state index contributed by atoms with van der Waals surface area (Å²) in [6.07, 6.45) is -0.567. The van der Waals surface area contributed by atoms with Crippen LogP contribution in [-0.4, -0.2) is 30.4 Å². The zero-order valence-electron chi connectivity index (χ0n) is 8.53. The molecule has 1 aromatic rings. The molecule has 0 amide bonds. The van der Waals surface area contributed by atoms with Gasteiger partial charge in [0.1, 0.15) is 18.0 Å². The summed E-state index contributed by atoms with van der Waals surface area (Å²) in [5.74, 6) is 0.786. The lowest BCUT2D eigenvalue weighted by Gasteiger charge is -2.17. The van der Waals surface area contributed by atoms with Gasteiger partial charge in [-0.1, -0.05) is 6.07 Å². The molecule has 82 valence electrons. The van der Waals surface area contributed by atoms with Gasteiger partial charge in [0.15, 0.2) is 0 Å². The third-order valence-corrected chi connectivity index (χ3v) is 3.11. The molecule has 0 bridgehead atoms. The van der Waals surface area contributed by atoms with E-state index in [2.05, 4.69) is 21.2 Å². The predicted octanol–water partition coefficient (Wildman–Crippen LogP) is 1.47. The third kappa shape index (κ3) is 2.51. The molecular formula is C11H14BrNO2. The van der Waals surface area contributed by atoms with Gasteiger partial charge in [-0.15, -0.1) is 0 Å². The highest BCUT2D eigenvalue weighted by molar-refractivity contribution is 9.10. The first-order valence-electron chi connectivity index (χ1n) is 4.98. The van der Waals surface area contributed by atoms with E-state index in [-0.39, 0.29) is 6.10 Å². The van der Waals surface area contributed by atoms with E-state index in [9.17, 15) is 5.11 Å². The Morgan fingerprint density at radius 1 is 1.47 bits per heavy atom. The second-order valence-electron chi connectivity index (χ2n) is 3.82. The number of nitrogens with one attached hydrogen (secondary N) is 1. The fourth-order valence-electron chi connectivity index (χ4n) is 1.63. The second kappa shape index (κ2) is 4.51. The Balaban J connectivity index is 2.10. The van der Waals surface area contributed by atoms with Gasteiger partial charge < -0.3 is 15.2 Å². The van der Waals surface area contributed by atoms with Gasteiger partial charge in [0, 0.05) is 13.1 Å². The molecule has 1 aliphatic rings. The molecule has 0 aliphatic carbocycles. The molecule has 2 unspecified atom stereocenters. The van der Waals surface area contributed by atoms with Gasteiger partial charge in [0.05, 0.1) is 4.47 Å². The van der Waals surface area contributed by atoms with Gasteiger partial charge in [-0.05, 0) is 40.5 Å². The highest BCUT2D eigenvalue weighted by Crippen LogP contribution is 2.27. The van der Waals surface area contributed by atoms with Gasteiger partial charge in [0.2, 0.25) is 0 Å². The summed E-state index contributed by atoms with van der Waals surface area (Å²) in [5, 5.41) is 12.7. The van der Waals surface area contributed by atoms with Crippen LogP contribution in [0.15, 0.2) is 22.7 Å². The van der Waals surface area contributed by atoms with Crippen LogP contribution in [0.1, 0.15) is 5.56 Å². The molecule has 1 saturated heterocycles. The van der Waals surface area contributed by atoms with Gasteiger partial charge in [-0.2, -0.15) is 0 Å². The number of halogens is 1. The first-order chi connectivity index (χ1) is 7.16. The molecule has 15 heavy (non-hydrogen) atoms. The lowest BCUT2D eigenvalue weighted by molar-refractivity contribution is 0.0732. The average molecular weight is 272 g/mol. The first-order valence-corrected chi connectivity index (χ1v) is 5.77. The standard InChI is InChI=1S/C11H14BrNO2/c1-7-2-3-10(8(12)4-7)15-11-6-13-5-9(11)14/h2-4,9,11,13-14H,5-6H2,1H3. The molecule has 0 radical (unpaired) electrons. The number of hydrogen-bond acceptors (Lipinski definition) is 3. The number of rotatable bonds is 2. The Hall–Kier alpha value is -0.580. The van der Waals surface area contributed by atoms with Crippen LogP contribution < -0.4 is 10.1 Å². The number of β-amino-alcohol motifs (C(OH)–C–C–N with tert-alkyl or cyclic N) is 1. The van der Waals surface area contributed by atoms with Crippen LogP contribution in [0.4, 0.5) is 0 Å². The highest BCUT2D eigenvalue weighted by atomic mass is 79.9. The quantitative estimate of drug-likeness (QED) is 0.856. The summed E-state index contributed by atoms with van der Waals surface area (Å²) in [4.78, 5) is 0. The van der Waals surface area contributed by atoms with E-state index in [0.717, 1.165) is 10.2 Å². The minimum Gasteiger partial charge on any atom is -0.485 e. The monoisotopic (exact) mass is 271 g/mol. The van der Waals surface area contributed by atoms with E-state index in [1.54, 1.807) is 0 Å². The molecule has 2 atom stereocenters. The van der Waals surface area contributed by atoms with Crippen LogP contribution in [-0.2, 0) is 0 Å². The molecule has 0 saturated carbocycles. The highest BCUT2D eigenvalue weighted by Gasteiger charge is 2.26. The largest absolute Gasteiger partial charge is 0.485 e. The van der Waals surface area contributed by atoms with Crippen LogP contribution in [0.25, 0.3) is 0 Å². The maximum Gasteiger partial charge on any atom is 0.138 e. The normalized spacial score (nSPS) is 25.5. The van der Waals surface area contributed by atoms with Gasteiger partial charge in [0.25, 0.3) is 0 Å². The topological polar surface area (TPSA) is 41.5 Å². The van der Waals surface area contributed by atoms with E-state index in [4.69, 9.17) is 4.74 Å². The number of ether oxygens (including phenoxy) is 1. The molecule has 1 aromatic carbocycles. The van der Waals surface area contributed by atoms with Gasteiger partial charge in [-0.25, -0.2) is 0 Å². The Morgan fingerprint density at radius 3 is 2.87 bits per heavy atom. The lowest BCUT2D eigenvalue weighted by atomic mass is 10.2. The van der Waals surface area contributed by atoms with Crippen molar-refractivity contribution < 1.29 is 9.84 Å². The first kappa shape index (κ1) is 10.9. The smallest absolute Gasteiger partial charge is 0.138 e.